The van der Waals surface area contributed by atoms with Crippen LogP contribution in [0.3, 0.4) is 0 Å². The van der Waals surface area contributed by atoms with Crippen molar-refractivity contribution in [3.8, 4) is 11.5 Å². The van der Waals surface area contributed by atoms with Gasteiger partial charge in [-0.25, -0.2) is 0 Å². The number of hydrogen-bond donors (Lipinski definition) is 0. The molecule has 29 heavy (non-hydrogen) atoms. The molecule has 0 aromatic heterocycles. The van der Waals surface area contributed by atoms with Gasteiger partial charge < -0.3 is 18.9 Å². The largest absolute Gasteiger partial charge is 0.492 e. The van der Waals surface area contributed by atoms with Gasteiger partial charge in [-0.3, -0.25) is 9.59 Å². The Bertz CT molecular complexity index is 1050. The summed E-state index contributed by atoms with van der Waals surface area (Å²) in [6, 6.07) is 13.0. The van der Waals surface area contributed by atoms with Gasteiger partial charge in [-0.2, -0.15) is 0 Å². The van der Waals surface area contributed by atoms with Crippen LogP contribution < -0.4 is 9.47 Å². The van der Waals surface area contributed by atoms with E-state index >= 15 is 0 Å². The molecule has 0 saturated carbocycles. The second kappa shape index (κ2) is 9.47. The van der Waals surface area contributed by atoms with E-state index in [0.717, 1.165) is 21.5 Å². The molecule has 0 radical (unpaired) electrons. The van der Waals surface area contributed by atoms with Gasteiger partial charge in [-0.1, -0.05) is 35.9 Å². The lowest BCUT2D eigenvalue weighted by atomic mass is 10.0. The minimum Gasteiger partial charge on any atom is -0.492 e. The second-order valence-corrected chi connectivity index (χ2v) is 6.68. The highest BCUT2D eigenvalue weighted by molar-refractivity contribution is 6.31. The predicted molar refractivity (Wildman–Crippen MR) is 111 cm³/mol. The van der Waals surface area contributed by atoms with Gasteiger partial charge in [0.2, 0.25) is 0 Å². The zero-order valence-electron chi connectivity index (χ0n) is 16.2. The van der Waals surface area contributed by atoms with E-state index < -0.39 is 0 Å². The van der Waals surface area contributed by atoms with Crippen LogP contribution in [0.1, 0.15) is 12.8 Å². The lowest BCUT2D eigenvalue weighted by Crippen LogP contribution is -2.09. The third kappa shape index (κ3) is 4.71. The van der Waals surface area contributed by atoms with Crippen molar-refractivity contribution < 1.29 is 28.5 Å². The Morgan fingerprint density at radius 2 is 1.24 bits per heavy atom. The molecule has 0 fully saturated rings. The summed E-state index contributed by atoms with van der Waals surface area (Å²) in [5.74, 6) is 0.558. The summed E-state index contributed by atoms with van der Waals surface area (Å²) in [5.41, 5.74) is 0. The van der Waals surface area contributed by atoms with Gasteiger partial charge in [0.25, 0.3) is 0 Å². The van der Waals surface area contributed by atoms with E-state index in [-0.39, 0.29) is 38.0 Å². The summed E-state index contributed by atoms with van der Waals surface area (Å²) >= 11 is 6.23. The molecule has 0 atom stereocenters. The first-order valence-electron chi connectivity index (χ1n) is 9.08. The molecule has 7 heteroatoms. The zero-order valence-corrected chi connectivity index (χ0v) is 17.0. The van der Waals surface area contributed by atoms with Gasteiger partial charge in [-0.05, 0) is 18.2 Å². The van der Waals surface area contributed by atoms with Gasteiger partial charge in [0.05, 0.1) is 40.3 Å². The van der Waals surface area contributed by atoms with E-state index in [1.54, 1.807) is 12.1 Å². The summed E-state index contributed by atoms with van der Waals surface area (Å²) in [6.07, 6.45) is 0.265. The highest BCUT2D eigenvalue weighted by Gasteiger charge is 2.17. The fourth-order valence-corrected chi connectivity index (χ4v) is 3.23. The molecular formula is C22H21ClO6. The van der Waals surface area contributed by atoms with Crippen molar-refractivity contribution in [2.75, 3.05) is 27.4 Å². The first-order valence-corrected chi connectivity index (χ1v) is 9.46. The Morgan fingerprint density at radius 1 is 0.759 bits per heavy atom. The zero-order chi connectivity index (χ0) is 20.8. The van der Waals surface area contributed by atoms with E-state index in [9.17, 15) is 9.59 Å². The second-order valence-electron chi connectivity index (χ2n) is 6.24. The van der Waals surface area contributed by atoms with Crippen LogP contribution in [-0.4, -0.2) is 39.4 Å². The van der Waals surface area contributed by atoms with E-state index in [0.29, 0.717) is 16.5 Å². The van der Waals surface area contributed by atoms with Crippen molar-refractivity contribution >= 4 is 45.1 Å². The van der Waals surface area contributed by atoms with Crippen molar-refractivity contribution in [3.05, 3.63) is 47.5 Å². The van der Waals surface area contributed by atoms with Crippen LogP contribution >= 0.6 is 11.6 Å². The fraction of sp³-hybridized carbons (Fsp3) is 0.273. The molecule has 3 aromatic rings. The molecule has 0 saturated heterocycles. The highest BCUT2D eigenvalue weighted by atomic mass is 35.5. The average Bonchev–Trinajstić information content (AvgIpc) is 2.74. The maximum atomic E-state index is 11.5. The molecule has 3 rings (SSSR count). The summed E-state index contributed by atoms with van der Waals surface area (Å²) in [6.45, 7) is 0.345. The Hall–Kier alpha value is -2.99. The van der Waals surface area contributed by atoms with E-state index in [1.165, 1.54) is 14.2 Å². The van der Waals surface area contributed by atoms with Crippen molar-refractivity contribution in [1.29, 1.82) is 0 Å². The Balaban J connectivity index is 2.07. The third-order valence-electron chi connectivity index (χ3n) is 4.45. The normalized spacial score (nSPS) is 10.7. The molecule has 152 valence electrons. The minimum atomic E-state index is -0.348. The van der Waals surface area contributed by atoms with Crippen molar-refractivity contribution in [3.63, 3.8) is 0 Å². The number of halogens is 1. The Morgan fingerprint density at radius 3 is 1.76 bits per heavy atom. The van der Waals surface area contributed by atoms with Crippen molar-refractivity contribution in [2.24, 2.45) is 0 Å². The van der Waals surface area contributed by atoms with Crippen LogP contribution in [0.5, 0.6) is 11.5 Å². The monoisotopic (exact) mass is 416 g/mol. The molecule has 3 aromatic carbocycles. The number of carbonyl (C=O) groups is 2. The molecular weight excluding hydrogens is 396 g/mol. The smallest absolute Gasteiger partial charge is 0.308 e. The average molecular weight is 417 g/mol. The maximum Gasteiger partial charge on any atom is 0.308 e. The topological polar surface area (TPSA) is 71.1 Å². The first kappa shape index (κ1) is 20.7. The van der Waals surface area contributed by atoms with Gasteiger partial charge >= 0.3 is 11.9 Å². The number of hydrogen-bond acceptors (Lipinski definition) is 6. The predicted octanol–water partition coefficient (Wildman–Crippen LogP) is 4.53. The summed E-state index contributed by atoms with van der Waals surface area (Å²) < 4.78 is 21.3. The highest BCUT2D eigenvalue weighted by Crippen LogP contribution is 2.43. The molecule has 0 aliphatic rings. The number of ether oxygens (including phenoxy) is 4. The van der Waals surface area contributed by atoms with Crippen LogP contribution in [0.15, 0.2) is 42.5 Å². The molecule has 6 nitrogen and oxygen atoms in total. The van der Waals surface area contributed by atoms with Crippen LogP contribution in [-0.2, 0) is 19.1 Å². The maximum absolute atomic E-state index is 11.5. The molecule has 0 aliphatic heterocycles. The van der Waals surface area contributed by atoms with Crippen LogP contribution in [0, 0.1) is 0 Å². The number of carbonyl (C=O) groups excluding carboxylic acids is 2. The van der Waals surface area contributed by atoms with E-state index in [2.05, 4.69) is 9.47 Å². The van der Waals surface area contributed by atoms with Gasteiger partial charge in [0, 0.05) is 26.6 Å². The third-order valence-corrected chi connectivity index (χ3v) is 4.68. The summed E-state index contributed by atoms with van der Waals surface area (Å²) in [5, 5.41) is 3.76. The van der Waals surface area contributed by atoms with E-state index in [4.69, 9.17) is 21.1 Å². The number of methoxy groups -OCH3 is 2. The molecule has 0 amide bonds. The quantitative estimate of drug-likeness (QED) is 0.397. The lowest BCUT2D eigenvalue weighted by Gasteiger charge is -2.18. The molecule has 0 spiro atoms. The fourth-order valence-electron chi connectivity index (χ4n) is 3.06. The molecule has 0 heterocycles. The minimum absolute atomic E-state index is 0.129. The number of fused-ring (bicyclic) bond motifs is 2. The Kier molecular flexibility index (Phi) is 6.77. The summed E-state index contributed by atoms with van der Waals surface area (Å²) in [7, 11) is 2.68. The van der Waals surface area contributed by atoms with Crippen molar-refractivity contribution in [2.45, 2.75) is 12.8 Å². The van der Waals surface area contributed by atoms with Gasteiger partial charge in [0.15, 0.2) is 0 Å². The summed E-state index contributed by atoms with van der Waals surface area (Å²) in [4.78, 5) is 22.9. The number of rotatable bonds is 8. The lowest BCUT2D eigenvalue weighted by molar-refractivity contribution is -0.142. The molecule has 0 N–H and O–H groups in total. The van der Waals surface area contributed by atoms with Crippen LogP contribution in [0.2, 0.25) is 5.02 Å². The van der Waals surface area contributed by atoms with E-state index in [1.807, 2.05) is 30.3 Å². The SMILES string of the molecule is COC(=O)CCOc1c2ccccc2c(OCCC(=O)OC)c2cc(Cl)ccc12. The number of benzene rings is 3. The first-order chi connectivity index (χ1) is 14.0. The van der Waals surface area contributed by atoms with Crippen molar-refractivity contribution in [1.82, 2.24) is 0 Å². The molecule has 0 unspecified atom stereocenters. The number of esters is 2. The van der Waals surface area contributed by atoms with Gasteiger partial charge in [0.1, 0.15) is 11.5 Å². The van der Waals surface area contributed by atoms with Crippen LogP contribution in [0.25, 0.3) is 21.5 Å². The Labute approximate surface area is 173 Å². The molecule has 0 aliphatic carbocycles. The van der Waals surface area contributed by atoms with Gasteiger partial charge in [-0.15, -0.1) is 0 Å². The van der Waals surface area contributed by atoms with Crippen LogP contribution in [0.4, 0.5) is 0 Å². The molecule has 0 bridgehead atoms. The standard InChI is InChI=1S/C22H21ClO6/c1-26-19(24)9-11-28-21-15-5-3-4-6-16(15)22(29-12-10-20(25)27-2)18-13-14(23)7-8-17(18)21/h3-8,13H,9-12H2,1-2H3.